The van der Waals surface area contributed by atoms with Gasteiger partial charge >= 0.3 is 0 Å². The van der Waals surface area contributed by atoms with Gasteiger partial charge in [0.05, 0.1) is 0 Å². The Kier molecular flexibility index (Phi) is 4.67. The molecule has 1 unspecified atom stereocenters. The zero-order valence-corrected chi connectivity index (χ0v) is 18.1. The fourth-order valence-electron chi connectivity index (χ4n) is 6.43. The summed E-state index contributed by atoms with van der Waals surface area (Å²) >= 11 is 0. The van der Waals surface area contributed by atoms with Gasteiger partial charge in [-0.1, -0.05) is 45.9 Å². The van der Waals surface area contributed by atoms with Gasteiger partial charge in [0.15, 0.2) is 0 Å². The number of aromatic hydroxyl groups is 1. The topological polar surface area (TPSA) is 59.8 Å². The number of aromatic nitrogens is 1. The van der Waals surface area contributed by atoms with E-state index in [1.807, 2.05) is 30.5 Å². The first-order valence-corrected chi connectivity index (χ1v) is 10.5. The minimum absolute atomic E-state index is 0.225. The van der Waals surface area contributed by atoms with Gasteiger partial charge in [-0.2, -0.15) is 0 Å². The first-order chi connectivity index (χ1) is 13.6. The number of phenols is 1. The Labute approximate surface area is 174 Å². The van der Waals surface area contributed by atoms with E-state index in [0.29, 0.717) is 6.04 Å². The van der Waals surface area contributed by atoms with Crippen molar-refractivity contribution in [2.75, 3.05) is 24.5 Å². The summed E-state index contributed by atoms with van der Waals surface area (Å²) in [6.07, 6.45) is 1.85. The molecule has 5 nitrogen and oxygen atoms in total. The number of nitrogens with zero attached hydrogens (tertiary/aromatic N) is 3. The summed E-state index contributed by atoms with van der Waals surface area (Å²) in [5.74, 6) is 1.26. The molecule has 0 bridgehead atoms. The van der Waals surface area contributed by atoms with Gasteiger partial charge in [0.2, 0.25) is 0 Å². The minimum atomic E-state index is -0.962. The molecule has 1 aliphatic carbocycles. The van der Waals surface area contributed by atoms with Gasteiger partial charge in [-0.15, -0.1) is 0 Å². The average molecular weight is 396 g/mol. The quantitative estimate of drug-likeness (QED) is 0.831. The Balaban J connectivity index is 1.59. The largest absolute Gasteiger partial charge is 0.508 e. The summed E-state index contributed by atoms with van der Waals surface area (Å²) in [6, 6.07) is 13.7. The standard InChI is InChI=1S/C24H33N3O2/c1-17-16-26(20-8-6-7-13-25-20)14-15-27(17)21-22(2,3)24(29,23(21,4)5)18-9-11-19(28)12-10-18/h6-13,17,21,28-29H,14-16H2,1-5H3. The summed E-state index contributed by atoms with van der Waals surface area (Å²) in [4.78, 5) is 9.45. The molecular formula is C24H33N3O2. The molecule has 0 amide bonds. The molecule has 5 heteroatoms. The molecule has 2 aromatic rings. The number of benzene rings is 1. The molecule has 2 aliphatic rings. The van der Waals surface area contributed by atoms with Gasteiger partial charge in [0, 0.05) is 48.7 Å². The lowest BCUT2D eigenvalue weighted by molar-refractivity contribution is -0.311. The molecule has 0 spiro atoms. The maximum Gasteiger partial charge on any atom is 0.128 e. The van der Waals surface area contributed by atoms with Crippen molar-refractivity contribution in [1.29, 1.82) is 0 Å². The molecule has 29 heavy (non-hydrogen) atoms. The SMILES string of the molecule is CC1CN(c2ccccn2)CCN1C1C(C)(C)C(O)(c2ccc(O)cc2)C1(C)C. The lowest BCUT2D eigenvalue weighted by Gasteiger charge is -2.73. The highest BCUT2D eigenvalue weighted by molar-refractivity contribution is 5.41. The van der Waals surface area contributed by atoms with Crippen LogP contribution in [0.1, 0.15) is 40.2 Å². The molecule has 1 saturated carbocycles. The van der Waals surface area contributed by atoms with Gasteiger partial charge in [-0.05, 0) is 36.8 Å². The third-order valence-corrected chi connectivity index (χ3v) is 7.50. The zero-order chi connectivity index (χ0) is 21.0. The van der Waals surface area contributed by atoms with Crippen molar-refractivity contribution in [3.05, 3.63) is 54.2 Å². The smallest absolute Gasteiger partial charge is 0.128 e. The Morgan fingerprint density at radius 2 is 1.62 bits per heavy atom. The predicted octanol–water partition coefficient (Wildman–Crippen LogP) is 3.62. The molecule has 1 aliphatic heterocycles. The van der Waals surface area contributed by atoms with E-state index in [1.54, 1.807) is 12.1 Å². The highest BCUT2D eigenvalue weighted by Crippen LogP contribution is 2.68. The fourth-order valence-corrected chi connectivity index (χ4v) is 6.43. The van der Waals surface area contributed by atoms with Crippen LogP contribution < -0.4 is 4.90 Å². The molecule has 2 N–H and O–H groups in total. The predicted molar refractivity (Wildman–Crippen MR) is 116 cm³/mol. The molecule has 156 valence electrons. The van der Waals surface area contributed by atoms with Crippen LogP contribution in [-0.2, 0) is 5.60 Å². The van der Waals surface area contributed by atoms with Crippen molar-refractivity contribution in [3.8, 4) is 5.75 Å². The van der Waals surface area contributed by atoms with Crippen LogP contribution in [0.15, 0.2) is 48.7 Å². The molecular weight excluding hydrogens is 362 g/mol. The third kappa shape index (κ3) is 2.78. The second-order valence-electron chi connectivity index (χ2n) is 9.82. The number of anilines is 1. The monoisotopic (exact) mass is 395 g/mol. The molecule has 2 fully saturated rings. The number of piperazine rings is 1. The number of aliphatic hydroxyl groups is 1. The second kappa shape index (κ2) is 6.71. The van der Waals surface area contributed by atoms with Crippen molar-refractivity contribution in [1.82, 2.24) is 9.88 Å². The molecule has 2 heterocycles. The van der Waals surface area contributed by atoms with Crippen LogP contribution in [0.4, 0.5) is 5.82 Å². The van der Waals surface area contributed by atoms with Gasteiger partial charge in [0.1, 0.15) is 17.2 Å². The number of hydrogen-bond acceptors (Lipinski definition) is 5. The second-order valence-corrected chi connectivity index (χ2v) is 9.82. The van der Waals surface area contributed by atoms with Crippen molar-refractivity contribution >= 4 is 5.82 Å². The van der Waals surface area contributed by atoms with Crippen LogP contribution in [0.5, 0.6) is 5.75 Å². The molecule has 1 aromatic carbocycles. The summed E-state index contributed by atoms with van der Waals surface area (Å²) in [7, 11) is 0. The summed E-state index contributed by atoms with van der Waals surface area (Å²) in [5.41, 5.74) is -0.735. The summed E-state index contributed by atoms with van der Waals surface area (Å²) < 4.78 is 0. The van der Waals surface area contributed by atoms with E-state index in [1.165, 1.54) is 0 Å². The van der Waals surface area contributed by atoms with Crippen LogP contribution >= 0.6 is 0 Å². The zero-order valence-electron chi connectivity index (χ0n) is 18.1. The Bertz CT molecular complexity index is 847. The molecule has 1 aromatic heterocycles. The van der Waals surface area contributed by atoms with Crippen LogP contribution in [0.3, 0.4) is 0 Å². The molecule has 1 saturated heterocycles. The molecule has 4 rings (SSSR count). The Morgan fingerprint density at radius 1 is 0.966 bits per heavy atom. The number of pyridine rings is 1. The number of hydrogen-bond donors (Lipinski definition) is 2. The van der Waals surface area contributed by atoms with Gasteiger partial charge < -0.3 is 15.1 Å². The van der Waals surface area contributed by atoms with Gasteiger partial charge in [0.25, 0.3) is 0 Å². The van der Waals surface area contributed by atoms with Crippen molar-refractivity contribution in [2.45, 2.75) is 52.3 Å². The fraction of sp³-hybridized carbons (Fsp3) is 0.542. The normalized spacial score (nSPS) is 31.3. The minimum Gasteiger partial charge on any atom is -0.508 e. The first-order valence-electron chi connectivity index (χ1n) is 10.5. The van der Waals surface area contributed by atoms with E-state index in [2.05, 4.69) is 55.5 Å². The molecule has 1 atom stereocenters. The van der Waals surface area contributed by atoms with E-state index < -0.39 is 5.60 Å². The van der Waals surface area contributed by atoms with Crippen LogP contribution in [-0.4, -0.2) is 51.8 Å². The van der Waals surface area contributed by atoms with Gasteiger partial charge in [-0.3, -0.25) is 4.90 Å². The summed E-state index contributed by atoms with van der Waals surface area (Å²) in [6.45, 7) is 13.8. The highest BCUT2D eigenvalue weighted by atomic mass is 16.3. The summed E-state index contributed by atoms with van der Waals surface area (Å²) in [5, 5.41) is 21.6. The van der Waals surface area contributed by atoms with Crippen LogP contribution in [0.25, 0.3) is 0 Å². The Hall–Kier alpha value is -2.11. The Morgan fingerprint density at radius 3 is 2.17 bits per heavy atom. The van der Waals surface area contributed by atoms with E-state index in [0.717, 1.165) is 31.0 Å². The maximum absolute atomic E-state index is 11.9. The van der Waals surface area contributed by atoms with E-state index >= 15 is 0 Å². The van der Waals surface area contributed by atoms with Crippen molar-refractivity contribution in [3.63, 3.8) is 0 Å². The van der Waals surface area contributed by atoms with E-state index in [4.69, 9.17) is 0 Å². The lowest BCUT2D eigenvalue weighted by atomic mass is 9.39. The lowest BCUT2D eigenvalue weighted by Crippen LogP contribution is -2.80. The third-order valence-electron chi connectivity index (χ3n) is 7.50. The van der Waals surface area contributed by atoms with Crippen molar-refractivity contribution in [2.24, 2.45) is 10.8 Å². The molecule has 0 radical (unpaired) electrons. The van der Waals surface area contributed by atoms with Gasteiger partial charge in [-0.25, -0.2) is 4.98 Å². The number of rotatable bonds is 3. The van der Waals surface area contributed by atoms with E-state index in [9.17, 15) is 10.2 Å². The van der Waals surface area contributed by atoms with E-state index in [-0.39, 0.29) is 22.6 Å². The van der Waals surface area contributed by atoms with Crippen LogP contribution in [0, 0.1) is 10.8 Å². The first kappa shape index (κ1) is 20.2. The highest BCUT2D eigenvalue weighted by Gasteiger charge is 2.73. The average Bonchev–Trinajstić information content (AvgIpc) is 2.69. The van der Waals surface area contributed by atoms with Crippen LogP contribution in [0.2, 0.25) is 0 Å². The maximum atomic E-state index is 11.9. The van der Waals surface area contributed by atoms with Crippen molar-refractivity contribution < 1.29 is 10.2 Å². The number of phenolic OH excluding ortho intramolecular Hbond substituents is 1.